The van der Waals surface area contributed by atoms with Gasteiger partial charge in [0.1, 0.15) is 0 Å². The Balaban J connectivity index is 2.19. The molecule has 1 N–H and O–H groups in total. The molecule has 1 amide bonds. The Kier molecular flexibility index (Phi) is 5.04. The van der Waals surface area contributed by atoms with E-state index in [0.29, 0.717) is 16.5 Å². The smallest absolute Gasteiger partial charge is 0.253 e. The second-order valence-corrected chi connectivity index (χ2v) is 6.48. The van der Waals surface area contributed by atoms with E-state index in [-0.39, 0.29) is 11.4 Å². The van der Waals surface area contributed by atoms with Gasteiger partial charge in [-0.25, -0.2) is 0 Å². The monoisotopic (exact) mass is 317 g/mol. The number of benzene rings is 1. The lowest BCUT2D eigenvalue weighted by Gasteiger charge is -2.28. The number of carbonyl (C=O) groups is 1. The van der Waals surface area contributed by atoms with Crippen LogP contribution in [0, 0.1) is 0 Å². The molecule has 0 unspecified atom stereocenters. The Hall–Kier alpha value is -0.380. The number of nitrogens with one attached hydrogen (secondary N) is 1. The van der Waals surface area contributed by atoms with Crippen molar-refractivity contribution in [3.63, 3.8) is 0 Å². The van der Waals surface area contributed by atoms with Gasteiger partial charge >= 0.3 is 0 Å². The fourth-order valence-electron chi connectivity index (χ4n) is 2.46. The van der Waals surface area contributed by atoms with Crippen LogP contribution >= 0.6 is 35.0 Å². The molecule has 0 heterocycles. The molecular formula is C14H17Cl2NOS. The third-order valence-corrected chi connectivity index (χ3v) is 5.18. The van der Waals surface area contributed by atoms with Crippen molar-refractivity contribution >= 4 is 40.9 Å². The van der Waals surface area contributed by atoms with E-state index in [1.165, 1.54) is 0 Å². The van der Waals surface area contributed by atoms with Gasteiger partial charge in [-0.05, 0) is 37.3 Å². The molecule has 19 heavy (non-hydrogen) atoms. The van der Waals surface area contributed by atoms with E-state index in [9.17, 15) is 4.79 Å². The van der Waals surface area contributed by atoms with Gasteiger partial charge in [0, 0.05) is 10.8 Å². The van der Waals surface area contributed by atoms with Crippen LogP contribution in [0.2, 0.25) is 5.02 Å². The molecule has 1 saturated carbocycles. The van der Waals surface area contributed by atoms with Crippen LogP contribution < -0.4 is 5.32 Å². The number of thioether (sulfide) groups is 1. The highest BCUT2D eigenvalue weighted by Crippen LogP contribution is 2.32. The van der Waals surface area contributed by atoms with E-state index in [4.69, 9.17) is 23.2 Å². The summed E-state index contributed by atoms with van der Waals surface area (Å²) in [5.74, 6) is 0.335. The maximum absolute atomic E-state index is 12.4. The van der Waals surface area contributed by atoms with Crippen LogP contribution in [-0.4, -0.2) is 23.6 Å². The predicted molar refractivity (Wildman–Crippen MR) is 82.6 cm³/mol. The van der Waals surface area contributed by atoms with Crippen LogP contribution in [0.3, 0.4) is 0 Å². The third kappa shape index (κ3) is 3.39. The van der Waals surface area contributed by atoms with Crippen LogP contribution in [0.4, 0.5) is 0 Å². The Bertz CT molecular complexity index is 473. The van der Waals surface area contributed by atoms with Crippen molar-refractivity contribution in [3.8, 4) is 0 Å². The van der Waals surface area contributed by atoms with E-state index in [2.05, 4.69) is 5.32 Å². The molecule has 0 atom stereocenters. The average Bonchev–Trinajstić information content (AvgIpc) is 2.88. The minimum Gasteiger partial charge on any atom is -0.345 e. The normalized spacial score (nSPS) is 17.4. The molecule has 2 rings (SSSR count). The second kappa shape index (κ2) is 6.38. The molecular weight excluding hydrogens is 301 g/mol. The summed E-state index contributed by atoms with van der Waals surface area (Å²) in [6.45, 7) is 0. The summed E-state index contributed by atoms with van der Waals surface area (Å²) in [6.07, 6.45) is 6.10. The summed E-state index contributed by atoms with van der Waals surface area (Å²) in [5, 5.41) is 3.57. The number of alkyl halides is 1. The Morgan fingerprint density at radius 2 is 2.11 bits per heavy atom. The zero-order valence-corrected chi connectivity index (χ0v) is 13.2. The largest absolute Gasteiger partial charge is 0.345 e. The number of halogens is 2. The number of hydrogen-bond donors (Lipinski definition) is 1. The molecule has 0 radical (unpaired) electrons. The van der Waals surface area contributed by atoms with Crippen molar-refractivity contribution < 1.29 is 4.79 Å². The first-order valence-corrected chi connectivity index (χ1v) is 8.46. The van der Waals surface area contributed by atoms with Gasteiger partial charge in [-0.1, -0.05) is 24.4 Å². The maximum Gasteiger partial charge on any atom is 0.253 e. The molecule has 1 aromatic carbocycles. The van der Waals surface area contributed by atoms with Crippen molar-refractivity contribution in [1.82, 2.24) is 5.32 Å². The number of hydrogen-bond acceptors (Lipinski definition) is 2. The summed E-state index contributed by atoms with van der Waals surface area (Å²) in [6, 6.07) is 5.51. The fourth-order valence-corrected chi connectivity index (χ4v) is 3.43. The molecule has 1 aromatic rings. The summed E-state index contributed by atoms with van der Waals surface area (Å²) >= 11 is 13.8. The molecule has 2 nitrogen and oxygen atoms in total. The standard InChI is InChI=1S/C14H17Cl2NOS/c1-19-10-4-5-12(16)11(8-10)13(18)17-14(9-15)6-2-3-7-14/h4-5,8H,2-3,6-7,9H2,1H3,(H,17,18). The minimum atomic E-state index is -0.253. The van der Waals surface area contributed by atoms with Crippen molar-refractivity contribution in [1.29, 1.82) is 0 Å². The van der Waals surface area contributed by atoms with Gasteiger partial charge in [-0.3, -0.25) is 4.79 Å². The van der Waals surface area contributed by atoms with Crippen LogP contribution in [0.5, 0.6) is 0 Å². The molecule has 1 aliphatic rings. The van der Waals surface area contributed by atoms with Crippen molar-refractivity contribution in [3.05, 3.63) is 28.8 Å². The molecule has 0 saturated heterocycles. The van der Waals surface area contributed by atoms with E-state index in [1.807, 2.05) is 18.4 Å². The van der Waals surface area contributed by atoms with Gasteiger partial charge in [-0.15, -0.1) is 23.4 Å². The zero-order chi connectivity index (χ0) is 13.9. The number of rotatable bonds is 4. The SMILES string of the molecule is CSc1ccc(Cl)c(C(=O)NC2(CCl)CCCC2)c1. The highest BCUT2D eigenvalue weighted by atomic mass is 35.5. The number of carbonyl (C=O) groups excluding carboxylic acids is 1. The quantitative estimate of drug-likeness (QED) is 0.661. The van der Waals surface area contributed by atoms with Crippen LogP contribution in [0.1, 0.15) is 36.0 Å². The zero-order valence-electron chi connectivity index (χ0n) is 10.8. The second-order valence-electron chi connectivity index (χ2n) is 4.92. The van der Waals surface area contributed by atoms with Crippen molar-refractivity contribution in [2.45, 2.75) is 36.1 Å². The van der Waals surface area contributed by atoms with E-state index in [1.54, 1.807) is 17.8 Å². The third-order valence-electron chi connectivity index (χ3n) is 3.61. The maximum atomic E-state index is 12.4. The molecule has 0 aliphatic heterocycles. The highest BCUT2D eigenvalue weighted by Gasteiger charge is 2.35. The van der Waals surface area contributed by atoms with Crippen LogP contribution in [0.25, 0.3) is 0 Å². The van der Waals surface area contributed by atoms with E-state index in [0.717, 1.165) is 30.6 Å². The molecule has 0 bridgehead atoms. The summed E-state index contributed by atoms with van der Waals surface area (Å²) < 4.78 is 0. The lowest BCUT2D eigenvalue weighted by atomic mass is 9.99. The first kappa shape index (κ1) is 15.0. The van der Waals surface area contributed by atoms with Crippen LogP contribution in [0.15, 0.2) is 23.1 Å². The van der Waals surface area contributed by atoms with Gasteiger partial charge in [0.25, 0.3) is 5.91 Å². The highest BCUT2D eigenvalue weighted by molar-refractivity contribution is 7.98. The Morgan fingerprint density at radius 3 is 2.68 bits per heavy atom. The topological polar surface area (TPSA) is 29.1 Å². The molecule has 1 fully saturated rings. The van der Waals surface area contributed by atoms with Crippen molar-refractivity contribution in [2.24, 2.45) is 0 Å². The fraction of sp³-hybridized carbons (Fsp3) is 0.500. The first-order valence-electron chi connectivity index (χ1n) is 6.32. The molecule has 104 valence electrons. The molecule has 0 spiro atoms. The van der Waals surface area contributed by atoms with Crippen LogP contribution in [-0.2, 0) is 0 Å². The van der Waals surface area contributed by atoms with Gasteiger partial charge in [0.05, 0.1) is 16.1 Å². The molecule has 1 aliphatic carbocycles. The minimum absolute atomic E-state index is 0.122. The number of amides is 1. The first-order chi connectivity index (χ1) is 9.10. The van der Waals surface area contributed by atoms with E-state index >= 15 is 0 Å². The lowest BCUT2D eigenvalue weighted by Crippen LogP contribution is -2.48. The van der Waals surface area contributed by atoms with Gasteiger partial charge in [-0.2, -0.15) is 0 Å². The molecule has 5 heteroatoms. The Labute approximate surface area is 128 Å². The molecule has 0 aromatic heterocycles. The summed E-state index contributed by atoms with van der Waals surface area (Å²) in [7, 11) is 0. The van der Waals surface area contributed by atoms with E-state index < -0.39 is 0 Å². The summed E-state index contributed by atoms with van der Waals surface area (Å²) in [5.41, 5.74) is 0.280. The van der Waals surface area contributed by atoms with Crippen molar-refractivity contribution in [2.75, 3.05) is 12.1 Å². The predicted octanol–water partition coefficient (Wildman–Crippen LogP) is 4.34. The average molecular weight is 318 g/mol. The Morgan fingerprint density at radius 1 is 1.42 bits per heavy atom. The van der Waals surface area contributed by atoms with Gasteiger partial charge < -0.3 is 5.32 Å². The van der Waals surface area contributed by atoms with Gasteiger partial charge in [0.15, 0.2) is 0 Å². The van der Waals surface area contributed by atoms with Gasteiger partial charge in [0.2, 0.25) is 0 Å². The lowest BCUT2D eigenvalue weighted by molar-refractivity contribution is 0.0909. The summed E-state index contributed by atoms with van der Waals surface area (Å²) in [4.78, 5) is 13.4.